The maximum absolute atomic E-state index is 11.8. The standard InChI is InChI=1S/C14H13NO4/c1-9-7-11(16)13(12(15-9)14(17)18)19-8-10-5-3-2-4-6-10/h2-6H,7-8H2,1H3,(H,17,18). The van der Waals surface area contributed by atoms with Gasteiger partial charge in [-0.2, -0.15) is 0 Å². The van der Waals surface area contributed by atoms with Gasteiger partial charge in [-0.3, -0.25) is 4.79 Å². The quantitative estimate of drug-likeness (QED) is 0.896. The summed E-state index contributed by atoms with van der Waals surface area (Å²) in [4.78, 5) is 26.8. The van der Waals surface area contributed by atoms with Crippen LogP contribution in [-0.4, -0.2) is 22.6 Å². The van der Waals surface area contributed by atoms with E-state index in [1.807, 2.05) is 30.3 Å². The van der Waals surface area contributed by atoms with Crippen molar-refractivity contribution in [3.63, 3.8) is 0 Å². The van der Waals surface area contributed by atoms with E-state index in [0.717, 1.165) is 5.56 Å². The minimum Gasteiger partial charge on any atom is -0.483 e. The van der Waals surface area contributed by atoms with E-state index in [0.29, 0.717) is 5.71 Å². The maximum atomic E-state index is 11.8. The summed E-state index contributed by atoms with van der Waals surface area (Å²) in [5.74, 6) is -1.77. The van der Waals surface area contributed by atoms with E-state index < -0.39 is 5.97 Å². The van der Waals surface area contributed by atoms with E-state index in [9.17, 15) is 9.59 Å². The average Bonchev–Trinajstić information content (AvgIpc) is 2.38. The van der Waals surface area contributed by atoms with Crippen molar-refractivity contribution in [1.29, 1.82) is 0 Å². The van der Waals surface area contributed by atoms with Gasteiger partial charge in [-0.05, 0) is 12.5 Å². The molecule has 1 N–H and O–H groups in total. The molecule has 1 aromatic rings. The number of allylic oxidation sites excluding steroid dienone is 1. The molecule has 0 saturated heterocycles. The molecule has 0 saturated carbocycles. The van der Waals surface area contributed by atoms with Crippen molar-refractivity contribution in [2.24, 2.45) is 4.99 Å². The lowest BCUT2D eigenvalue weighted by Crippen LogP contribution is -2.21. The first-order valence-electron chi connectivity index (χ1n) is 5.79. The molecule has 0 radical (unpaired) electrons. The Bertz CT molecular complexity index is 572. The molecule has 0 spiro atoms. The SMILES string of the molecule is CC1=NC(C(=O)O)=C(OCc2ccccc2)C(=O)C1. The Morgan fingerprint density at radius 2 is 2.05 bits per heavy atom. The molecule has 0 bridgehead atoms. The summed E-state index contributed by atoms with van der Waals surface area (Å²) in [6, 6.07) is 9.23. The normalized spacial score (nSPS) is 15.2. The van der Waals surface area contributed by atoms with Crippen LogP contribution in [0.25, 0.3) is 0 Å². The van der Waals surface area contributed by atoms with Crippen molar-refractivity contribution in [3.8, 4) is 0 Å². The number of rotatable bonds is 4. The Balaban J connectivity index is 2.22. The second-order valence-corrected chi connectivity index (χ2v) is 4.20. The highest BCUT2D eigenvalue weighted by Crippen LogP contribution is 2.19. The van der Waals surface area contributed by atoms with E-state index in [-0.39, 0.29) is 30.3 Å². The molecule has 1 aliphatic heterocycles. The minimum atomic E-state index is -1.25. The fourth-order valence-electron chi connectivity index (χ4n) is 1.75. The predicted octanol–water partition coefficient (Wildman–Crippen LogP) is 1.93. The summed E-state index contributed by atoms with van der Waals surface area (Å²) >= 11 is 0. The molecule has 1 aromatic carbocycles. The van der Waals surface area contributed by atoms with Crippen molar-refractivity contribution in [1.82, 2.24) is 0 Å². The topological polar surface area (TPSA) is 76.0 Å². The van der Waals surface area contributed by atoms with Crippen molar-refractivity contribution in [2.75, 3.05) is 0 Å². The van der Waals surface area contributed by atoms with Crippen molar-refractivity contribution in [3.05, 3.63) is 47.4 Å². The third-order valence-electron chi connectivity index (χ3n) is 2.62. The Kier molecular flexibility index (Phi) is 3.75. The number of carbonyl (C=O) groups is 2. The molecular formula is C14H13NO4. The van der Waals surface area contributed by atoms with E-state index in [1.165, 1.54) is 0 Å². The zero-order chi connectivity index (χ0) is 13.8. The van der Waals surface area contributed by atoms with Gasteiger partial charge in [0, 0.05) is 5.71 Å². The second-order valence-electron chi connectivity index (χ2n) is 4.20. The second kappa shape index (κ2) is 5.48. The summed E-state index contributed by atoms with van der Waals surface area (Å²) in [5, 5.41) is 9.04. The van der Waals surface area contributed by atoms with Gasteiger partial charge in [-0.25, -0.2) is 9.79 Å². The van der Waals surface area contributed by atoms with Gasteiger partial charge >= 0.3 is 5.97 Å². The first kappa shape index (κ1) is 13.0. The van der Waals surface area contributed by atoms with Crippen LogP contribution in [0.15, 0.2) is 46.8 Å². The molecule has 0 atom stereocenters. The summed E-state index contributed by atoms with van der Waals surface area (Å²) in [7, 11) is 0. The van der Waals surface area contributed by atoms with Crippen LogP contribution in [0.4, 0.5) is 0 Å². The van der Waals surface area contributed by atoms with Gasteiger partial charge in [0.25, 0.3) is 0 Å². The molecule has 0 aliphatic carbocycles. The number of nitrogens with zero attached hydrogens (tertiary/aromatic N) is 1. The van der Waals surface area contributed by atoms with Crippen LogP contribution in [0.2, 0.25) is 0 Å². The van der Waals surface area contributed by atoms with Gasteiger partial charge in [-0.1, -0.05) is 30.3 Å². The van der Waals surface area contributed by atoms with Gasteiger partial charge in [0.05, 0.1) is 6.42 Å². The number of aliphatic imine (C=N–C) groups is 1. The minimum absolute atomic E-state index is 0.0981. The van der Waals surface area contributed by atoms with Gasteiger partial charge in [0.2, 0.25) is 5.78 Å². The van der Waals surface area contributed by atoms with E-state index >= 15 is 0 Å². The lowest BCUT2D eigenvalue weighted by atomic mass is 10.1. The number of carboxylic acids is 1. The summed E-state index contributed by atoms with van der Waals surface area (Å²) in [5.41, 5.74) is 1.03. The first-order valence-corrected chi connectivity index (χ1v) is 5.79. The van der Waals surface area contributed by atoms with Crippen LogP contribution in [-0.2, 0) is 20.9 Å². The molecule has 0 unspecified atom stereocenters. The predicted molar refractivity (Wildman–Crippen MR) is 68.6 cm³/mol. The first-order chi connectivity index (χ1) is 9.08. The Hall–Kier alpha value is -2.43. The summed E-state index contributed by atoms with van der Waals surface area (Å²) in [6.45, 7) is 1.77. The highest BCUT2D eigenvalue weighted by atomic mass is 16.5. The Morgan fingerprint density at radius 1 is 1.37 bits per heavy atom. The summed E-state index contributed by atoms with van der Waals surface area (Å²) < 4.78 is 5.35. The van der Waals surface area contributed by atoms with Crippen LogP contribution >= 0.6 is 0 Å². The van der Waals surface area contributed by atoms with Gasteiger partial charge in [0.15, 0.2) is 11.5 Å². The van der Waals surface area contributed by atoms with E-state index in [4.69, 9.17) is 9.84 Å². The number of hydrogen-bond donors (Lipinski definition) is 1. The average molecular weight is 259 g/mol. The van der Waals surface area contributed by atoms with Crippen LogP contribution in [0.1, 0.15) is 18.9 Å². The molecule has 0 aromatic heterocycles. The van der Waals surface area contributed by atoms with Gasteiger partial charge in [0.1, 0.15) is 6.61 Å². The number of carbonyl (C=O) groups excluding carboxylic acids is 1. The molecular weight excluding hydrogens is 246 g/mol. The zero-order valence-electron chi connectivity index (χ0n) is 10.4. The van der Waals surface area contributed by atoms with Crippen LogP contribution in [0.3, 0.4) is 0 Å². The fourth-order valence-corrected chi connectivity index (χ4v) is 1.75. The molecule has 5 heteroatoms. The van der Waals surface area contributed by atoms with Crippen molar-refractivity contribution >= 4 is 17.5 Å². The van der Waals surface area contributed by atoms with E-state index in [2.05, 4.69) is 4.99 Å². The number of carboxylic acid groups (broad SMARTS) is 1. The number of ketones is 1. The molecule has 2 rings (SSSR count). The molecule has 98 valence electrons. The van der Waals surface area contributed by atoms with Gasteiger partial charge in [-0.15, -0.1) is 0 Å². The number of hydrogen-bond acceptors (Lipinski definition) is 4. The van der Waals surface area contributed by atoms with Crippen molar-refractivity contribution < 1.29 is 19.4 Å². The Labute approximate surface area is 110 Å². The monoisotopic (exact) mass is 259 g/mol. The lowest BCUT2D eigenvalue weighted by Gasteiger charge is -2.15. The smallest absolute Gasteiger partial charge is 0.358 e. The summed E-state index contributed by atoms with van der Waals surface area (Å²) in [6.07, 6.45) is 0.0981. The van der Waals surface area contributed by atoms with Crippen LogP contribution in [0, 0.1) is 0 Å². The number of Topliss-reactive ketones (excluding diaryl/α,β-unsaturated/α-hetero) is 1. The van der Waals surface area contributed by atoms with Crippen LogP contribution in [0.5, 0.6) is 0 Å². The maximum Gasteiger partial charge on any atom is 0.358 e. The molecule has 0 fully saturated rings. The highest BCUT2D eigenvalue weighted by molar-refractivity contribution is 6.14. The van der Waals surface area contributed by atoms with E-state index in [1.54, 1.807) is 6.92 Å². The van der Waals surface area contributed by atoms with Gasteiger partial charge < -0.3 is 9.84 Å². The van der Waals surface area contributed by atoms with Crippen LogP contribution < -0.4 is 0 Å². The molecule has 5 nitrogen and oxygen atoms in total. The lowest BCUT2D eigenvalue weighted by molar-refractivity contribution is -0.133. The third kappa shape index (κ3) is 3.07. The fraction of sp³-hybridized carbons (Fsp3) is 0.214. The molecule has 0 amide bonds. The third-order valence-corrected chi connectivity index (χ3v) is 2.62. The number of benzene rings is 1. The molecule has 1 heterocycles. The largest absolute Gasteiger partial charge is 0.483 e. The molecule has 19 heavy (non-hydrogen) atoms. The highest BCUT2D eigenvalue weighted by Gasteiger charge is 2.27. The molecule has 1 aliphatic rings. The number of aliphatic carboxylic acids is 1. The number of ether oxygens (including phenoxy) is 1. The zero-order valence-corrected chi connectivity index (χ0v) is 10.4. The van der Waals surface area contributed by atoms with Crippen molar-refractivity contribution in [2.45, 2.75) is 20.0 Å². The Morgan fingerprint density at radius 3 is 2.68 bits per heavy atom.